The summed E-state index contributed by atoms with van der Waals surface area (Å²) in [5.41, 5.74) is 7.22. The molecule has 1 fully saturated rings. The average Bonchev–Trinajstić information content (AvgIpc) is 3.45. The fraction of sp³-hybridized carbons (Fsp3) is 0.321. The molecule has 3 aromatic carbocycles. The van der Waals surface area contributed by atoms with Gasteiger partial charge < -0.3 is 19.7 Å². The van der Waals surface area contributed by atoms with Crippen molar-refractivity contribution in [1.82, 2.24) is 0 Å². The van der Waals surface area contributed by atoms with E-state index < -0.39 is 5.97 Å². The minimum absolute atomic E-state index is 0.0882. The van der Waals surface area contributed by atoms with Crippen LogP contribution in [0.2, 0.25) is 0 Å². The molecule has 1 aliphatic heterocycles. The predicted octanol–water partition coefficient (Wildman–Crippen LogP) is 6.05. The van der Waals surface area contributed by atoms with E-state index in [0.29, 0.717) is 12.4 Å². The Labute approximate surface area is 193 Å². The van der Waals surface area contributed by atoms with Crippen molar-refractivity contribution in [2.45, 2.75) is 58.2 Å². The number of fused-ring (bicyclic) bond motifs is 1. The van der Waals surface area contributed by atoms with E-state index in [-0.39, 0.29) is 23.7 Å². The van der Waals surface area contributed by atoms with Crippen molar-refractivity contribution in [3.8, 4) is 28.4 Å². The summed E-state index contributed by atoms with van der Waals surface area (Å²) >= 11 is 0. The lowest BCUT2D eigenvalue weighted by Crippen LogP contribution is -2.22. The summed E-state index contributed by atoms with van der Waals surface area (Å²) in [4.78, 5) is 11.3. The van der Waals surface area contributed by atoms with Gasteiger partial charge in [0.05, 0.1) is 6.42 Å². The fourth-order valence-electron chi connectivity index (χ4n) is 5.24. The quantitative estimate of drug-likeness (QED) is 0.484. The van der Waals surface area contributed by atoms with Gasteiger partial charge in [-0.15, -0.1) is 0 Å². The first-order chi connectivity index (χ1) is 15.8. The molecular formula is C28H28O5. The van der Waals surface area contributed by atoms with Gasteiger partial charge >= 0.3 is 5.97 Å². The summed E-state index contributed by atoms with van der Waals surface area (Å²) in [5, 5.41) is 19.2. The van der Waals surface area contributed by atoms with Crippen LogP contribution in [0.4, 0.5) is 0 Å². The Morgan fingerprint density at radius 3 is 2.48 bits per heavy atom. The number of hydrogen-bond donors (Lipinski definition) is 2. The van der Waals surface area contributed by atoms with Crippen LogP contribution < -0.4 is 9.47 Å². The monoisotopic (exact) mass is 444 g/mol. The van der Waals surface area contributed by atoms with Gasteiger partial charge in [-0.3, -0.25) is 4.79 Å². The number of rotatable bonds is 6. The van der Waals surface area contributed by atoms with E-state index >= 15 is 0 Å². The highest BCUT2D eigenvalue weighted by molar-refractivity contribution is 5.75. The molecule has 1 aliphatic carbocycles. The topological polar surface area (TPSA) is 76.0 Å². The van der Waals surface area contributed by atoms with Gasteiger partial charge in [-0.2, -0.15) is 0 Å². The Kier molecular flexibility index (Phi) is 5.08. The fourth-order valence-corrected chi connectivity index (χ4v) is 5.24. The maximum atomic E-state index is 11.3. The minimum atomic E-state index is -0.794. The van der Waals surface area contributed by atoms with Crippen molar-refractivity contribution < 1.29 is 24.5 Å². The highest BCUT2D eigenvalue weighted by atomic mass is 16.5. The van der Waals surface area contributed by atoms with E-state index in [9.17, 15) is 15.0 Å². The molecular weight excluding hydrogens is 416 g/mol. The molecule has 0 radical (unpaired) electrons. The number of aryl methyl sites for hydroxylation is 2. The number of phenolic OH excluding ortho intramolecular Hbond substituents is 1. The zero-order chi connectivity index (χ0) is 23.3. The van der Waals surface area contributed by atoms with Crippen LogP contribution in [0.25, 0.3) is 11.1 Å². The molecule has 1 atom stereocenters. The van der Waals surface area contributed by atoms with Crippen LogP contribution in [0.1, 0.15) is 53.0 Å². The van der Waals surface area contributed by atoms with Crippen LogP contribution in [0.3, 0.4) is 0 Å². The molecule has 5 heteroatoms. The second kappa shape index (κ2) is 7.84. The number of aliphatic carboxylic acids is 1. The second-order valence-electron chi connectivity index (χ2n) is 9.35. The molecule has 1 unspecified atom stereocenters. The van der Waals surface area contributed by atoms with Crippen LogP contribution in [0.15, 0.2) is 48.5 Å². The highest BCUT2D eigenvalue weighted by Gasteiger charge is 2.57. The molecule has 3 aromatic rings. The average molecular weight is 445 g/mol. The number of carboxylic acid groups (broad SMARTS) is 1. The van der Waals surface area contributed by atoms with Crippen LogP contribution in [-0.2, 0) is 11.4 Å². The number of carboxylic acids is 1. The van der Waals surface area contributed by atoms with Gasteiger partial charge in [-0.1, -0.05) is 24.3 Å². The Morgan fingerprint density at radius 1 is 1.09 bits per heavy atom. The molecule has 1 saturated carbocycles. The van der Waals surface area contributed by atoms with Gasteiger partial charge in [0.2, 0.25) is 0 Å². The third-order valence-corrected chi connectivity index (χ3v) is 7.06. The first-order valence-corrected chi connectivity index (χ1v) is 11.3. The lowest BCUT2D eigenvalue weighted by atomic mass is 9.90. The lowest BCUT2D eigenvalue weighted by molar-refractivity contribution is -0.138. The maximum Gasteiger partial charge on any atom is 0.304 e. The summed E-state index contributed by atoms with van der Waals surface area (Å²) in [6.45, 7) is 6.54. The number of aromatic hydroxyl groups is 1. The van der Waals surface area contributed by atoms with E-state index in [1.165, 1.54) is 0 Å². The first kappa shape index (κ1) is 21.4. The van der Waals surface area contributed by atoms with Crippen molar-refractivity contribution in [2.75, 3.05) is 0 Å². The number of carbonyl (C=O) groups is 1. The third-order valence-electron chi connectivity index (χ3n) is 7.06. The summed E-state index contributed by atoms with van der Waals surface area (Å²) in [6, 6.07) is 15.5. The SMILES string of the molecule is Cc1cc(O)cc(C)c1-c1cccc(COc2ccc3c(c2)OC2(CC2)C3CC(=O)O)c1C. The highest BCUT2D eigenvalue weighted by Crippen LogP contribution is 2.59. The Morgan fingerprint density at radius 2 is 1.82 bits per heavy atom. The van der Waals surface area contributed by atoms with E-state index in [1.54, 1.807) is 12.1 Å². The summed E-state index contributed by atoms with van der Waals surface area (Å²) in [5.74, 6) is 0.856. The number of ether oxygens (including phenoxy) is 2. The zero-order valence-corrected chi connectivity index (χ0v) is 19.1. The van der Waals surface area contributed by atoms with Crippen LogP contribution in [0.5, 0.6) is 17.2 Å². The van der Waals surface area contributed by atoms with Crippen molar-refractivity contribution in [1.29, 1.82) is 0 Å². The van der Waals surface area contributed by atoms with Crippen molar-refractivity contribution >= 4 is 5.97 Å². The molecule has 2 aliphatic rings. The molecule has 5 rings (SSSR count). The Balaban J connectivity index is 1.37. The molecule has 1 heterocycles. The standard InChI is InChI=1S/C28H28O5/c1-16-11-20(29)12-17(2)27(16)22-6-4-5-19(18(22)3)15-32-21-7-8-23-24(14-26(30)31)28(9-10-28)33-25(23)13-21/h4-8,11-13,24,29H,9-10,14-15H2,1-3H3,(H,30,31). The molecule has 1 spiro atoms. The van der Waals surface area contributed by atoms with Crippen LogP contribution >= 0.6 is 0 Å². The normalized spacial score (nSPS) is 17.5. The van der Waals surface area contributed by atoms with E-state index in [4.69, 9.17) is 9.47 Å². The van der Waals surface area contributed by atoms with E-state index in [2.05, 4.69) is 19.1 Å². The molecule has 0 bridgehead atoms. The molecule has 5 nitrogen and oxygen atoms in total. The van der Waals surface area contributed by atoms with Gasteiger partial charge in [0.25, 0.3) is 0 Å². The Hall–Kier alpha value is -3.47. The van der Waals surface area contributed by atoms with Crippen LogP contribution in [0, 0.1) is 20.8 Å². The van der Waals surface area contributed by atoms with Gasteiger partial charge in [-0.25, -0.2) is 0 Å². The lowest BCUT2D eigenvalue weighted by Gasteiger charge is -2.17. The molecule has 0 amide bonds. The number of benzene rings is 3. The van der Waals surface area contributed by atoms with Gasteiger partial charge in [0, 0.05) is 17.5 Å². The molecule has 0 aromatic heterocycles. The van der Waals surface area contributed by atoms with E-state index in [0.717, 1.165) is 57.5 Å². The number of phenols is 1. The van der Waals surface area contributed by atoms with Crippen molar-refractivity contribution in [3.63, 3.8) is 0 Å². The predicted molar refractivity (Wildman–Crippen MR) is 126 cm³/mol. The summed E-state index contributed by atoms with van der Waals surface area (Å²) in [6.07, 6.45) is 1.89. The summed E-state index contributed by atoms with van der Waals surface area (Å²) in [7, 11) is 0. The van der Waals surface area contributed by atoms with Crippen molar-refractivity contribution in [3.05, 3.63) is 76.3 Å². The van der Waals surface area contributed by atoms with Crippen molar-refractivity contribution in [2.24, 2.45) is 0 Å². The molecule has 33 heavy (non-hydrogen) atoms. The zero-order valence-electron chi connectivity index (χ0n) is 19.1. The molecule has 170 valence electrons. The Bertz CT molecular complexity index is 1230. The number of hydrogen-bond acceptors (Lipinski definition) is 4. The minimum Gasteiger partial charge on any atom is -0.508 e. The second-order valence-corrected chi connectivity index (χ2v) is 9.35. The smallest absolute Gasteiger partial charge is 0.304 e. The third kappa shape index (κ3) is 3.82. The first-order valence-electron chi connectivity index (χ1n) is 11.3. The molecule has 0 saturated heterocycles. The van der Waals surface area contributed by atoms with E-state index in [1.807, 2.05) is 38.1 Å². The maximum absolute atomic E-state index is 11.3. The van der Waals surface area contributed by atoms with Crippen LogP contribution in [-0.4, -0.2) is 21.8 Å². The molecule has 2 N–H and O–H groups in total. The van der Waals surface area contributed by atoms with Gasteiger partial charge in [0.15, 0.2) is 0 Å². The summed E-state index contributed by atoms with van der Waals surface area (Å²) < 4.78 is 12.3. The largest absolute Gasteiger partial charge is 0.508 e. The van der Waals surface area contributed by atoms with Gasteiger partial charge in [-0.05, 0) is 85.2 Å². The van der Waals surface area contributed by atoms with Gasteiger partial charge in [0.1, 0.15) is 29.5 Å².